The molecule has 2 heterocycles. The van der Waals surface area contributed by atoms with Crippen LogP contribution in [-0.2, 0) is 19.1 Å². The van der Waals surface area contributed by atoms with Crippen molar-refractivity contribution in [1.29, 1.82) is 0 Å². The molecule has 0 aliphatic carbocycles. The maximum absolute atomic E-state index is 12.0. The van der Waals surface area contributed by atoms with E-state index in [4.69, 9.17) is 15.2 Å². The second-order valence-electron chi connectivity index (χ2n) is 5.69. The lowest BCUT2D eigenvalue weighted by molar-refractivity contribution is -0.156. The molecule has 6 heteroatoms. The summed E-state index contributed by atoms with van der Waals surface area (Å²) in [6.07, 6.45) is 0.777. The molecule has 0 bridgehead atoms. The van der Waals surface area contributed by atoms with Crippen molar-refractivity contribution >= 4 is 11.9 Å². The van der Waals surface area contributed by atoms with Gasteiger partial charge in [0.05, 0.1) is 19.4 Å². The van der Waals surface area contributed by atoms with Gasteiger partial charge in [-0.25, -0.2) is 4.79 Å². The molecule has 0 radical (unpaired) electrons. The highest BCUT2D eigenvalue weighted by Gasteiger charge is 2.63. The van der Waals surface area contributed by atoms with Crippen molar-refractivity contribution in [3.05, 3.63) is 11.8 Å². The molecule has 2 aliphatic rings. The van der Waals surface area contributed by atoms with E-state index in [0.29, 0.717) is 0 Å². The van der Waals surface area contributed by atoms with Crippen LogP contribution in [0.1, 0.15) is 20.8 Å². The Kier molecular flexibility index (Phi) is 2.66. The summed E-state index contributed by atoms with van der Waals surface area (Å²) in [4.78, 5) is 25.5. The van der Waals surface area contributed by atoms with Gasteiger partial charge in [0.15, 0.2) is 0 Å². The summed E-state index contributed by atoms with van der Waals surface area (Å²) in [5.41, 5.74) is 4.43. The molecule has 18 heavy (non-hydrogen) atoms. The molecule has 0 aromatic carbocycles. The molecular formula is C12H18N2O4. The van der Waals surface area contributed by atoms with Gasteiger partial charge < -0.3 is 15.2 Å². The summed E-state index contributed by atoms with van der Waals surface area (Å²) in [5, 5.41) is 0. The van der Waals surface area contributed by atoms with Gasteiger partial charge in [-0.2, -0.15) is 0 Å². The Morgan fingerprint density at radius 1 is 1.61 bits per heavy atom. The van der Waals surface area contributed by atoms with E-state index in [2.05, 4.69) is 0 Å². The van der Waals surface area contributed by atoms with Crippen LogP contribution in [0.5, 0.6) is 0 Å². The highest BCUT2D eigenvalue weighted by molar-refractivity contribution is 6.02. The lowest BCUT2D eigenvalue weighted by Crippen LogP contribution is -2.57. The zero-order chi connectivity index (χ0) is 13.7. The number of carbonyl (C=O) groups excluding carboxylic acids is 2. The molecule has 1 fully saturated rings. The molecule has 1 saturated heterocycles. The summed E-state index contributed by atoms with van der Waals surface area (Å²) < 4.78 is 10.4. The summed E-state index contributed by atoms with van der Waals surface area (Å²) in [7, 11) is 1.27. The van der Waals surface area contributed by atoms with Crippen LogP contribution < -0.4 is 5.73 Å². The van der Waals surface area contributed by atoms with Crippen LogP contribution in [0.2, 0.25) is 0 Å². The number of esters is 1. The second kappa shape index (κ2) is 3.71. The Morgan fingerprint density at radius 3 is 2.72 bits per heavy atom. The minimum Gasteiger partial charge on any atom is -0.467 e. The third-order valence-electron chi connectivity index (χ3n) is 3.35. The number of ether oxygens (including phenoxy) is 2. The van der Waals surface area contributed by atoms with Crippen molar-refractivity contribution < 1.29 is 19.1 Å². The van der Waals surface area contributed by atoms with E-state index in [1.165, 1.54) is 18.1 Å². The van der Waals surface area contributed by atoms with E-state index >= 15 is 0 Å². The number of fused-ring (bicyclic) bond motifs is 1. The summed E-state index contributed by atoms with van der Waals surface area (Å²) in [5.74, 6) is -0.871. The Hall–Kier alpha value is -1.56. The van der Waals surface area contributed by atoms with E-state index in [1.54, 1.807) is 0 Å². The van der Waals surface area contributed by atoms with Crippen LogP contribution >= 0.6 is 0 Å². The number of nitrogens with two attached hydrogens (primary N) is 1. The first-order valence-corrected chi connectivity index (χ1v) is 5.76. The third kappa shape index (κ3) is 1.45. The van der Waals surface area contributed by atoms with Gasteiger partial charge in [0, 0.05) is 11.5 Å². The van der Waals surface area contributed by atoms with E-state index < -0.39 is 17.7 Å². The number of hydrogen-bond acceptors (Lipinski definition) is 5. The van der Waals surface area contributed by atoms with Crippen molar-refractivity contribution in [1.82, 2.24) is 4.90 Å². The van der Waals surface area contributed by atoms with Gasteiger partial charge in [0.1, 0.15) is 6.23 Å². The topological polar surface area (TPSA) is 81.9 Å². The first-order valence-electron chi connectivity index (χ1n) is 5.76. The average Bonchev–Trinajstić information content (AvgIpc) is 2.77. The van der Waals surface area contributed by atoms with E-state index in [0.717, 1.165) is 0 Å². The molecule has 100 valence electrons. The highest BCUT2D eigenvalue weighted by atomic mass is 16.6. The zero-order valence-electron chi connectivity index (χ0n) is 11.0. The maximum Gasteiger partial charge on any atom is 0.340 e. The molecule has 2 aliphatic heterocycles. The van der Waals surface area contributed by atoms with Crippen molar-refractivity contribution in [2.75, 3.05) is 13.7 Å². The van der Waals surface area contributed by atoms with Gasteiger partial charge in [-0.3, -0.25) is 9.69 Å². The number of methoxy groups -OCH3 is 1. The average molecular weight is 254 g/mol. The lowest BCUT2D eigenvalue weighted by atomic mass is 9.91. The fourth-order valence-corrected chi connectivity index (χ4v) is 2.47. The normalized spacial score (nSPS) is 31.3. The highest BCUT2D eigenvalue weighted by Crippen LogP contribution is 2.43. The van der Waals surface area contributed by atoms with Gasteiger partial charge >= 0.3 is 5.97 Å². The smallest absolute Gasteiger partial charge is 0.340 e. The fourth-order valence-electron chi connectivity index (χ4n) is 2.47. The van der Waals surface area contributed by atoms with Crippen LogP contribution in [0, 0.1) is 5.41 Å². The van der Waals surface area contributed by atoms with E-state index in [9.17, 15) is 9.59 Å². The fraction of sp³-hybridized carbons (Fsp3) is 0.667. The van der Waals surface area contributed by atoms with Gasteiger partial charge in [-0.1, -0.05) is 20.8 Å². The van der Waals surface area contributed by atoms with Crippen LogP contribution in [0.4, 0.5) is 0 Å². The SMILES string of the molecule is COC(=O)[C@]12CO[C@H](C(C)(C)C)N1C(=O)C=C2N. The number of amides is 1. The van der Waals surface area contributed by atoms with Crippen LogP contribution in [0.3, 0.4) is 0 Å². The molecule has 1 amide bonds. The first-order chi connectivity index (χ1) is 8.25. The second-order valence-corrected chi connectivity index (χ2v) is 5.69. The number of nitrogens with zero attached hydrogens (tertiary/aromatic N) is 1. The Morgan fingerprint density at radius 2 is 2.22 bits per heavy atom. The van der Waals surface area contributed by atoms with Crippen molar-refractivity contribution in [2.24, 2.45) is 11.1 Å². The molecule has 0 spiro atoms. The largest absolute Gasteiger partial charge is 0.467 e. The Balaban J connectivity index is 2.48. The van der Waals surface area contributed by atoms with Gasteiger partial charge in [-0.15, -0.1) is 0 Å². The quantitative estimate of drug-likeness (QED) is 0.665. The molecule has 6 nitrogen and oxygen atoms in total. The van der Waals surface area contributed by atoms with Crippen LogP contribution in [0.15, 0.2) is 11.8 Å². The first kappa shape index (κ1) is 12.9. The standard InChI is InChI=1S/C12H18N2O4/c1-11(2,3)9-14-8(15)5-7(13)12(14,6-18-9)10(16)17-4/h5,9H,6,13H2,1-4H3/t9-,12-/m1/s1. The molecule has 0 aromatic rings. The molecule has 2 atom stereocenters. The summed E-state index contributed by atoms with van der Waals surface area (Å²) in [6, 6.07) is 0. The molecule has 0 unspecified atom stereocenters. The Labute approximate surface area is 106 Å². The van der Waals surface area contributed by atoms with E-state index in [-0.39, 0.29) is 23.6 Å². The van der Waals surface area contributed by atoms with Gasteiger partial charge in [0.2, 0.25) is 5.54 Å². The number of hydrogen-bond donors (Lipinski definition) is 1. The van der Waals surface area contributed by atoms with E-state index in [1.807, 2.05) is 20.8 Å². The molecule has 0 saturated carbocycles. The molecule has 0 aromatic heterocycles. The summed E-state index contributed by atoms with van der Waals surface area (Å²) >= 11 is 0. The molecule has 2 N–H and O–H groups in total. The third-order valence-corrected chi connectivity index (χ3v) is 3.35. The van der Waals surface area contributed by atoms with Gasteiger partial charge in [0.25, 0.3) is 5.91 Å². The van der Waals surface area contributed by atoms with Crippen molar-refractivity contribution in [3.63, 3.8) is 0 Å². The maximum atomic E-state index is 12.0. The van der Waals surface area contributed by atoms with Crippen LogP contribution in [-0.4, -0.2) is 42.3 Å². The molecular weight excluding hydrogens is 236 g/mol. The van der Waals surface area contributed by atoms with Crippen molar-refractivity contribution in [3.8, 4) is 0 Å². The predicted octanol–water partition coefficient (Wildman–Crippen LogP) is -0.0146. The minimum absolute atomic E-state index is 0.0374. The number of carbonyl (C=O) groups is 2. The van der Waals surface area contributed by atoms with Gasteiger partial charge in [-0.05, 0) is 0 Å². The Bertz CT molecular complexity index is 438. The summed E-state index contributed by atoms with van der Waals surface area (Å²) in [6.45, 7) is 5.85. The lowest BCUT2D eigenvalue weighted by Gasteiger charge is -2.36. The predicted molar refractivity (Wildman–Crippen MR) is 63.1 cm³/mol. The minimum atomic E-state index is -1.29. The monoisotopic (exact) mass is 254 g/mol. The van der Waals surface area contributed by atoms with Crippen molar-refractivity contribution in [2.45, 2.75) is 32.5 Å². The number of rotatable bonds is 1. The van der Waals surface area contributed by atoms with Crippen LogP contribution in [0.25, 0.3) is 0 Å². The molecule has 2 rings (SSSR count). The zero-order valence-corrected chi connectivity index (χ0v) is 11.0.